The topological polar surface area (TPSA) is 29.3 Å². The Bertz CT molecular complexity index is 320. The van der Waals surface area contributed by atoms with Crippen LogP contribution in [0.2, 0.25) is 0 Å². The van der Waals surface area contributed by atoms with Crippen molar-refractivity contribution >= 4 is 11.4 Å². The maximum Gasteiger partial charge on any atom is 0.0417 e. The van der Waals surface area contributed by atoms with Crippen molar-refractivity contribution in [3.63, 3.8) is 0 Å². The van der Waals surface area contributed by atoms with Crippen molar-refractivity contribution in [1.29, 1.82) is 0 Å². The molecule has 1 aromatic carbocycles. The van der Waals surface area contributed by atoms with Gasteiger partial charge in [0.15, 0.2) is 0 Å². The van der Waals surface area contributed by atoms with Crippen LogP contribution in [0.25, 0.3) is 0 Å². The first-order chi connectivity index (χ1) is 6.16. The van der Waals surface area contributed by atoms with Crippen molar-refractivity contribution in [2.75, 3.05) is 24.2 Å². The van der Waals surface area contributed by atoms with Crippen LogP contribution in [0.5, 0.6) is 0 Å². The van der Waals surface area contributed by atoms with Crippen LogP contribution in [-0.4, -0.2) is 13.6 Å². The van der Waals surface area contributed by atoms with E-state index in [-0.39, 0.29) is 0 Å². The van der Waals surface area contributed by atoms with Crippen LogP contribution in [0.4, 0.5) is 11.4 Å². The minimum atomic E-state index is 0.751. The van der Waals surface area contributed by atoms with Crippen LogP contribution in [0.1, 0.15) is 12.5 Å². The van der Waals surface area contributed by atoms with Crippen molar-refractivity contribution in [1.82, 2.24) is 0 Å². The Morgan fingerprint density at radius 3 is 3.00 bits per heavy atom. The summed E-state index contributed by atoms with van der Waals surface area (Å²) in [5.74, 6) is 0.751. The van der Waals surface area contributed by atoms with Gasteiger partial charge in [0.05, 0.1) is 0 Å². The Morgan fingerprint density at radius 1 is 1.46 bits per heavy atom. The molecular formula is C11H16N2. The van der Waals surface area contributed by atoms with E-state index >= 15 is 0 Å². The zero-order valence-electron chi connectivity index (χ0n) is 8.25. The molecule has 1 heterocycles. The Balaban J connectivity index is 2.43. The second-order valence-corrected chi connectivity index (χ2v) is 4.08. The van der Waals surface area contributed by atoms with Gasteiger partial charge in [-0.15, -0.1) is 0 Å². The highest BCUT2D eigenvalue weighted by atomic mass is 15.1. The van der Waals surface area contributed by atoms with E-state index in [4.69, 9.17) is 5.73 Å². The molecule has 0 amide bonds. The van der Waals surface area contributed by atoms with E-state index in [0.29, 0.717) is 0 Å². The van der Waals surface area contributed by atoms with E-state index < -0.39 is 0 Å². The lowest BCUT2D eigenvalue weighted by Gasteiger charge is -2.31. The maximum absolute atomic E-state index is 5.75. The van der Waals surface area contributed by atoms with Crippen molar-refractivity contribution < 1.29 is 0 Å². The van der Waals surface area contributed by atoms with E-state index in [1.807, 2.05) is 6.07 Å². The summed E-state index contributed by atoms with van der Waals surface area (Å²) in [6.07, 6.45) is 1.18. The predicted molar refractivity (Wildman–Crippen MR) is 57.0 cm³/mol. The van der Waals surface area contributed by atoms with E-state index in [1.54, 1.807) is 0 Å². The fourth-order valence-corrected chi connectivity index (χ4v) is 2.11. The van der Waals surface area contributed by atoms with Crippen molar-refractivity contribution in [2.45, 2.75) is 13.3 Å². The van der Waals surface area contributed by atoms with Crippen LogP contribution >= 0.6 is 0 Å². The molecule has 0 saturated heterocycles. The molecule has 1 aliphatic rings. The lowest BCUT2D eigenvalue weighted by Crippen LogP contribution is -2.30. The summed E-state index contributed by atoms with van der Waals surface area (Å²) in [7, 11) is 2.13. The van der Waals surface area contributed by atoms with E-state index in [0.717, 1.165) is 18.2 Å². The first-order valence-corrected chi connectivity index (χ1v) is 4.76. The second-order valence-electron chi connectivity index (χ2n) is 4.08. The first-order valence-electron chi connectivity index (χ1n) is 4.76. The second kappa shape index (κ2) is 2.95. The SMILES string of the molecule is CC1Cc2ccc(N)cc2N(C)C1. The molecule has 2 N–H and O–H groups in total. The molecule has 0 spiro atoms. The number of nitrogens with two attached hydrogens (primary N) is 1. The fraction of sp³-hybridized carbons (Fsp3) is 0.455. The van der Waals surface area contributed by atoms with Crippen LogP contribution < -0.4 is 10.6 Å². The number of rotatable bonds is 0. The highest BCUT2D eigenvalue weighted by molar-refractivity contribution is 5.62. The molecule has 0 aliphatic carbocycles. The Hall–Kier alpha value is -1.18. The zero-order valence-corrected chi connectivity index (χ0v) is 8.25. The molecular weight excluding hydrogens is 160 g/mol. The standard InChI is InChI=1S/C11H16N2/c1-8-5-9-3-4-10(12)6-11(9)13(2)7-8/h3-4,6,8H,5,7,12H2,1-2H3. The summed E-state index contributed by atoms with van der Waals surface area (Å²) in [6.45, 7) is 3.42. The van der Waals surface area contributed by atoms with E-state index in [2.05, 4.69) is 31.0 Å². The lowest BCUT2D eigenvalue weighted by atomic mass is 9.94. The molecule has 1 atom stereocenters. The number of hydrogen-bond donors (Lipinski definition) is 1. The summed E-state index contributed by atoms with van der Waals surface area (Å²) < 4.78 is 0. The van der Waals surface area contributed by atoms with Gasteiger partial charge in [-0.3, -0.25) is 0 Å². The van der Waals surface area contributed by atoms with Gasteiger partial charge in [-0.25, -0.2) is 0 Å². The highest BCUT2D eigenvalue weighted by Gasteiger charge is 2.18. The van der Waals surface area contributed by atoms with Crippen molar-refractivity contribution in [3.8, 4) is 0 Å². The van der Waals surface area contributed by atoms with Gasteiger partial charge in [0.25, 0.3) is 0 Å². The van der Waals surface area contributed by atoms with Gasteiger partial charge in [0, 0.05) is 25.0 Å². The van der Waals surface area contributed by atoms with Gasteiger partial charge in [-0.2, -0.15) is 0 Å². The highest BCUT2D eigenvalue weighted by Crippen LogP contribution is 2.29. The first kappa shape index (κ1) is 8.42. The predicted octanol–water partition coefficient (Wildman–Crippen LogP) is 1.90. The van der Waals surface area contributed by atoms with Crippen LogP contribution in [0.15, 0.2) is 18.2 Å². The third kappa shape index (κ3) is 1.48. The summed E-state index contributed by atoms with van der Waals surface area (Å²) in [6, 6.07) is 6.21. The molecule has 1 aromatic rings. The molecule has 0 saturated carbocycles. The third-order valence-corrected chi connectivity index (χ3v) is 2.67. The number of nitrogens with zero attached hydrogens (tertiary/aromatic N) is 1. The van der Waals surface area contributed by atoms with Gasteiger partial charge in [0.2, 0.25) is 0 Å². The lowest BCUT2D eigenvalue weighted by molar-refractivity contribution is 0.552. The van der Waals surface area contributed by atoms with Crippen molar-refractivity contribution in [3.05, 3.63) is 23.8 Å². The van der Waals surface area contributed by atoms with E-state index in [1.165, 1.54) is 17.7 Å². The number of anilines is 2. The van der Waals surface area contributed by atoms with E-state index in [9.17, 15) is 0 Å². The smallest absolute Gasteiger partial charge is 0.0417 e. The van der Waals surface area contributed by atoms with Gasteiger partial charge < -0.3 is 10.6 Å². The number of fused-ring (bicyclic) bond motifs is 1. The Labute approximate surface area is 79.4 Å². The van der Waals surface area contributed by atoms with Crippen LogP contribution in [0, 0.1) is 5.92 Å². The molecule has 2 nitrogen and oxygen atoms in total. The number of nitrogen functional groups attached to an aromatic ring is 1. The number of hydrogen-bond acceptors (Lipinski definition) is 2. The monoisotopic (exact) mass is 176 g/mol. The minimum absolute atomic E-state index is 0.751. The Morgan fingerprint density at radius 2 is 2.23 bits per heavy atom. The van der Waals surface area contributed by atoms with Gasteiger partial charge in [0.1, 0.15) is 0 Å². The zero-order chi connectivity index (χ0) is 9.42. The number of benzene rings is 1. The minimum Gasteiger partial charge on any atom is -0.399 e. The van der Waals surface area contributed by atoms with Gasteiger partial charge in [-0.1, -0.05) is 13.0 Å². The van der Waals surface area contributed by atoms with Gasteiger partial charge >= 0.3 is 0 Å². The summed E-state index contributed by atoms with van der Waals surface area (Å²) in [5.41, 5.74) is 9.34. The fourth-order valence-electron chi connectivity index (χ4n) is 2.11. The summed E-state index contributed by atoms with van der Waals surface area (Å²) in [5, 5.41) is 0. The molecule has 1 aliphatic heterocycles. The van der Waals surface area contributed by atoms with Crippen molar-refractivity contribution in [2.24, 2.45) is 5.92 Å². The molecule has 1 unspecified atom stereocenters. The average molecular weight is 176 g/mol. The quantitative estimate of drug-likeness (QED) is 0.612. The summed E-state index contributed by atoms with van der Waals surface area (Å²) >= 11 is 0. The molecule has 0 bridgehead atoms. The molecule has 70 valence electrons. The Kier molecular flexibility index (Phi) is 1.91. The molecule has 2 rings (SSSR count). The van der Waals surface area contributed by atoms with Crippen LogP contribution in [0.3, 0.4) is 0 Å². The maximum atomic E-state index is 5.75. The summed E-state index contributed by atoms with van der Waals surface area (Å²) in [4.78, 5) is 2.29. The molecule has 2 heteroatoms. The molecule has 0 radical (unpaired) electrons. The third-order valence-electron chi connectivity index (χ3n) is 2.67. The average Bonchev–Trinajstić information content (AvgIpc) is 2.06. The molecule has 0 fully saturated rings. The normalized spacial score (nSPS) is 21.4. The largest absolute Gasteiger partial charge is 0.399 e. The molecule has 13 heavy (non-hydrogen) atoms. The molecule has 0 aromatic heterocycles. The van der Waals surface area contributed by atoms with Gasteiger partial charge in [-0.05, 0) is 30.0 Å². The van der Waals surface area contributed by atoms with Crippen LogP contribution in [-0.2, 0) is 6.42 Å².